The van der Waals surface area contributed by atoms with Crippen LogP contribution in [0.4, 0.5) is 9.18 Å². The topological polar surface area (TPSA) is 90.9 Å². The van der Waals surface area contributed by atoms with Gasteiger partial charge < -0.3 is 19.5 Å². The number of carbonyl (C=O) groups excluding carboxylic acids is 3. The van der Waals surface area contributed by atoms with E-state index in [1.807, 2.05) is 0 Å². The van der Waals surface area contributed by atoms with Gasteiger partial charge in [0.2, 0.25) is 0 Å². The van der Waals surface area contributed by atoms with Gasteiger partial charge in [0.1, 0.15) is 29.8 Å². The molecule has 1 atom stereocenters. The van der Waals surface area contributed by atoms with Crippen molar-refractivity contribution in [2.45, 2.75) is 51.9 Å². The molecule has 0 heterocycles. The number of hydrogen-bond acceptors (Lipinski definition) is 6. The van der Waals surface area contributed by atoms with Crippen LogP contribution in [0.5, 0.6) is 5.75 Å². The summed E-state index contributed by atoms with van der Waals surface area (Å²) >= 11 is 0. The summed E-state index contributed by atoms with van der Waals surface area (Å²) in [5.74, 6) is -0.741. The predicted octanol–water partition coefficient (Wildman–Crippen LogP) is 4.43. The molecule has 1 N–H and O–H groups in total. The monoisotopic (exact) mass is 445 g/mol. The van der Waals surface area contributed by atoms with E-state index < -0.39 is 23.7 Å². The number of ketones is 1. The van der Waals surface area contributed by atoms with Crippen LogP contribution in [0.3, 0.4) is 0 Å². The van der Waals surface area contributed by atoms with E-state index in [-0.39, 0.29) is 31.0 Å². The largest absolute Gasteiger partial charge is 0.489 e. The number of hydrogen-bond donors (Lipinski definition) is 1. The first kappa shape index (κ1) is 24.8. The standard InChI is InChI=1S/C24H28FNO6/c1-24(2,3)32-23(29)26-20(22(28)30-4)13-14-21(27)16-9-11-18(12-10-16)31-15-17-7-5-6-8-19(17)25/h5-12,20H,13-15H2,1-4H3,(H,26,29). The summed E-state index contributed by atoms with van der Waals surface area (Å²) in [4.78, 5) is 36.5. The molecule has 0 aliphatic carbocycles. The molecule has 0 radical (unpaired) electrons. The zero-order valence-corrected chi connectivity index (χ0v) is 18.6. The van der Waals surface area contributed by atoms with Crippen molar-refractivity contribution >= 4 is 17.8 Å². The van der Waals surface area contributed by atoms with Crippen molar-refractivity contribution in [1.82, 2.24) is 5.32 Å². The summed E-state index contributed by atoms with van der Waals surface area (Å²) in [7, 11) is 1.20. The molecule has 1 unspecified atom stereocenters. The molecule has 0 spiro atoms. The van der Waals surface area contributed by atoms with E-state index in [0.29, 0.717) is 16.9 Å². The van der Waals surface area contributed by atoms with Gasteiger partial charge in [-0.1, -0.05) is 18.2 Å². The smallest absolute Gasteiger partial charge is 0.408 e. The number of halogens is 1. The number of esters is 1. The maximum Gasteiger partial charge on any atom is 0.408 e. The van der Waals surface area contributed by atoms with Crippen molar-refractivity contribution in [2.24, 2.45) is 0 Å². The highest BCUT2D eigenvalue weighted by atomic mass is 19.1. The Labute approximate surface area is 186 Å². The van der Waals surface area contributed by atoms with Gasteiger partial charge in [0.25, 0.3) is 0 Å². The molecule has 1 amide bonds. The molecule has 0 aromatic heterocycles. The van der Waals surface area contributed by atoms with Crippen LogP contribution in [0, 0.1) is 5.82 Å². The van der Waals surface area contributed by atoms with Crippen LogP contribution in [0.25, 0.3) is 0 Å². The number of benzene rings is 2. The average Bonchev–Trinajstić information content (AvgIpc) is 2.74. The fourth-order valence-electron chi connectivity index (χ4n) is 2.77. The lowest BCUT2D eigenvalue weighted by atomic mass is 10.0. The van der Waals surface area contributed by atoms with Gasteiger partial charge in [-0.2, -0.15) is 0 Å². The molecule has 0 saturated heterocycles. The quantitative estimate of drug-likeness (QED) is 0.453. The van der Waals surface area contributed by atoms with Gasteiger partial charge >= 0.3 is 12.1 Å². The Morgan fingerprint density at radius 2 is 1.69 bits per heavy atom. The highest BCUT2D eigenvalue weighted by Gasteiger charge is 2.25. The number of rotatable bonds is 9. The van der Waals surface area contributed by atoms with Crippen molar-refractivity contribution in [2.75, 3.05) is 7.11 Å². The van der Waals surface area contributed by atoms with Crippen molar-refractivity contribution in [3.05, 3.63) is 65.5 Å². The second-order valence-corrected chi connectivity index (χ2v) is 8.09. The second-order valence-electron chi connectivity index (χ2n) is 8.09. The molecule has 0 saturated carbocycles. The van der Waals surface area contributed by atoms with Gasteiger partial charge in [-0.3, -0.25) is 4.79 Å². The molecule has 172 valence electrons. The van der Waals surface area contributed by atoms with Crippen LogP contribution in [0.1, 0.15) is 49.5 Å². The van der Waals surface area contributed by atoms with Gasteiger partial charge in [-0.25, -0.2) is 14.0 Å². The Bertz CT molecular complexity index is 936. The Morgan fingerprint density at radius 3 is 2.28 bits per heavy atom. The van der Waals surface area contributed by atoms with Crippen molar-refractivity contribution in [3.8, 4) is 5.75 Å². The number of methoxy groups -OCH3 is 1. The number of carbonyl (C=O) groups is 3. The minimum Gasteiger partial charge on any atom is -0.489 e. The van der Waals surface area contributed by atoms with Crippen LogP contribution in [-0.2, 0) is 20.9 Å². The summed E-state index contributed by atoms with van der Waals surface area (Å²) in [6, 6.07) is 11.7. The fraction of sp³-hybridized carbons (Fsp3) is 0.375. The maximum atomic E-state index is 13.7. The number of alkyl carbamates (subject to hydrolysis) is 1. The van der Waals surface area contributed by atoms with E-state index in [2.05, 4.69) is 5.32 Å². The van der Waals surface area contributed by atoms with Gasteiger partial charge in [0.05, 0.1) is 7.11 Å². The van der Waals surface area contributed by atoms with Gasteiger partial charge in [-0.05, 0) is 57.5 Å². The highest BCUT2D eigenvalue weighted by molar-refractivity contribution is 5.96. The summed E-state index contributed by atoms with van der Waals surface area (Å²) in [6.45, 7) is 5.17. The van der Waals surface area contributed by atoms with Crippen LogP contribution < -0.4 is 10.1 Å². The Hall–Kier alpha value is -3.42. The molecule has 2 aromatic rings. The summed E-state index contributed by atoms with van der Waals surface area (Å²) in [5, 5.41) is 2.44. The van der Waals surface area contributed by atoms with Gasteiger partial charge in [0, 0.05) is 17.5 Å². The molecule has 32 heavy (non-hydrogen) atoms. The zero-order valence-electron chi connectivity index (χ0n) is 18.6. The van der Waals surface area contributed by atoms with Crippen molar-refractivity contribution in [1.29, 1.82) is 0 Å². The van der Waals surface area contributed by atoms with E-state index in [1.54, 1.807) is 63.2 Å². The van der Waals surface area contributed by atoms with E-state index in [1.165, 1.54) is 13.2 Å². The minimum atomic E-state index is -1.01. The Morgan fingerprint density at radius 1 is 1.03 bits per heavy atom. The molecule has 8 heteroatoms. The molecule has 0 bridgehead atoms. The summed E-state index contributed by atoms with van der Waals surface area (Å²) in [5.41, 5.74) is 0.125. The third-order valence-corrected chi connectivity index (χ3v) is 4.37. The lowest BCUT2D eigenvalue weighted by Crippen LogP contribution is -2.44. The van der Waals surface area contributed by atoms with Crippen LogP contribution in [0.15, 0.2) is 48.5 Å². The normalized spacial score (nSPS) is 11.9. The third-order valence-electron chi connectivity index (χ3n) is 4.37. The lowest BCUT2D eigenvalue weighted by Gasteiger charge is -2.22. The van der Waals surface area contributed by atoms with Crippen LogP contribution in [-0.4, -0.2) is 36.6 Å². The fourth-order valence-corrected chi connectivity index (χ4v) is 2.77. The first-order valence-corrected chi connectivity index (χ1v) is 10.2. The highest BCUT2D eigenvalue weighted by Crippen LogP contribution is 2.17. The van der Waals surface area contributed by atoms with Crippen molar-refractivity contribution in [3.63, 3.8) is 0 Å². The Kier molecular flexibility index (Phi) is 8.75. The molecule has 0 aliphatic heterocycles. The molecule has 0 fully saturated rings. The lowest BCUT2D eigenvalue weighted by molar-refractivity contribution is -0.143. The summed E-state index contributed by atoms with van der Waals surface area (Å²) in [6.07, 6.45) is -0.710. The Balaban J connectivity index is 1.91. The number of Topliss-reactive ketones (excluding diaryl/α,β-unsaturated/α-hetero) is 1. The molecule has 2 rings (SSSR count). The van der Waals surface area contributed by atoms with E-state index >= 15 is 0 Å². The molecular weight excluding hydrogens is 417 g/mol. The van der Waals surface area contributed by atoms with E-state index in [0.717, 1.165) is 0 Å². The summed E-state index contributed by atoms with van der Waals surface area (Å²) < 4.78 is 29.1. The van der Waals surface area contributed by atoms with Gasteiger partial charge in [0.15, 0.2) is 5.78 Å². The first-order chi connectivity index (χ1) is 15.1. The van der Waals surface area contributed by atoms with Crippen LogP contribution in [0.2, 0.25) is 0 Å². The van der Waals surface area contributed by atoms with E-state index in [4.69, 9.17) is 14.2 Å². The SMILES string of the molecule is COC(=O)C(CCC(=O)c1ccc(OCc2ccccc2F)cc1)NC(=O)OC(C)(C)C. The number of amides is 1. The maximum absolute atomic E-state index is 13.7. The molecular formula is C24H28FNO6. The third kappa shape index (κ3) is 8.02. The molecule has 7 nitrogen and oxygen atoms in total. The molecule has 0 aliphatic rings. The predicted molar refractivity (Wildman–Crippen MR) is 116 cm³/mol. The zero-order chi connectivity index (χ0) is 23.7. The van der Waals surface area contributed by atoms with Gasteiger partial charge in [-0.15, -0.1) is 0 Å². The first-order valence-electron chi connectivity index (χ1n) is 10.2. The second kappa shape index (κ2) is 11.3. The average molecular weight is 445 g/mol. The number of ether oxygens (including phenoxy) is 3. The van der Waals surface area contributed by atoms with Crippen molar-refractivity contribution < 1.29 is 33.0 Å². The van der Waals surface area contributed by atoms with E-state index in [9.17, 15) is 18.8 Å². The number of nitrogens with one attached hydrogen (secondary N) is 1. The van der Waals surface area contributed by atoms with Crippen LogP contribution >= 0.6 is 0 Å². The minimum absolute atomic E-state index is 0.00496. The molecule has 2 aromatic carbocycles.